The van der Waals surface area contributed by atoms with E-state index in [1.165, 1.54) is 0 Å². The minimum absolute atomic E-state index is 0.0854. The summed E-state index contributed by atoms with van der Waals surface area (Å²) in [5, 5.41) is 8.84. The van der Waals surface area contributed by atoms with Gasteiger partial charge in [0.05, 0.1) is 5.57 Å². The van der Waals surface area contributed by atoms with Crippen LogP contribution in [0.4, 0.5) is 0 Å². The highest BCUT2D eigenvalue weighted by atomic mass is 35.5. The van der Waals surface area contributed by atoms with Gasteiger partial charge in [-0.2, -0.15) is 0 Å². The Hall–Kier alpha value is 0.0800. The van der Waals surface area contributed by atoms with Gasteiger partial charge in [0.2, 0.25) is 0 Å². The molecule has 0 unspecified atom stereocenters. The standard InChI is InChI=1S/C7H9Cl3O2/c1-3(2)5(8)4(6(9)10)7(11)12/h3,6H,1-2H3,(H,11,12). The molecule has 0 radical (unpaired) electrons. The van der Waals surface area contributed by atoms with Gasteiger partial charge >= 0.3 is 5.97 Å². The number of carbonyl (C=O) groups is 1. The lowest BCUT2D eigenvalue weighted by atomic mass is 10.1. The summed E-state index contributed by atoms with van der Waals surface area (Å²) < 4.78 is 0. The molecule has 0 spiro atoms. The maximum Gasteiger partial charge on any atom is 0.335 e. The second-order valence-corrected chi connectivity index (χ2v) is 4.03. The van der Waals surface area contributed by atoms with Gasteiger partial charge in [-0.05, 0) is 5.92 Å². The first-order valence-corrected chi connectivity index (χ1v) is 4.54. The molecule has 0 bridgehead atoms. The summed E-state index contributed by atoms with van der Waals surface area (Å²) in [5.74, 6) is -1.26. The first-order chi connectivity index (χ1) is 5.37. The van der Waals surface area contributed by atoms with Gasteiger partial charge < -0.3 is 5.11 Å². The van der Waals surface area contributed by atoms with E-state index in [2.05, 4.69) is 0 Å². The zero-order chi connectivity index (χ0) is 9.89. The molecule has 1 N–H and O–H groups in total. The third-order valence-electron chi connectivity index (χ3n) is 1.21. The highest BCUT2D eigenvalue weighted by Crippen LogP contribution is 2.26. The molecule has 0 amide bonds. The molecular formula is C7H9Cl3O2. The molecule has 2 nitrogen and oxygen atoms in total. The summed E-state index contributed by atoms with van der Waals surface area (Å²) in [5.41, 5.74) is -0.144. The lowest BCUT2D eigenvalue weighted by Crippen LogP contribution is -2.11. The van der Waals surface area contributed by atoms with E-state index in [-0.39, 0.29) is 16.5 Å². The third kappa shape index (κ3) is 3.21. The average Bonchev–Trinajstić information content (AvgIpc) is 1.85. The van der Waals surface area contributed by atoms with Gasteiger partial charge in [0.25, 0.3) is 0 Å². The SMILES string of the molecule is CC(C)C(Cl)=C(C(=O)O)C(Cl)Cl. The Morgan fingerprint density at radius 2 is 1.75 bits per heavy atom. The lowest BCUT2D eigenvalue weighted by Gasteiger charge is -2.09. The average molecular weight is 232 g/mol. The monoisotopic (exact) mass is 230 g/mol. The second-order valence-electron chi connectivity index (χ2n) is 2.52. The van der Waals surface area contributed by atoms with Gasteiger partial charge in [0, 0.05) is 5.03 Å². The van der Waals surface area contributed by atoms with Crippen molar-refractivity contribution in [2.24, 2.45) is 5.92 Å². The van der Waals surface area contributed by atoms with Gasteiger partial charge in [-0.15, -0.1) is 0 Å². The molecule has 0 aliphatic rings. The zero-order valence-corrected chi connectivity index (χ0v) is 8.91. The van der Waals surface area contributed by atoms with E-state index in [9.17, 15) is 4.79 Å². The van der Waals surface area contributed by atoms with Crippen LogP contribution >= 0.6 is 34.8 Å². The van der Waals surface area contributed by atoms with Crippen LogP contribution in [0.25, 0.3) is 0 Å². The molecule has 0 fully saturated rings. The summed E-state index contributed by atoms with van der Waals surface area (Å²) >= 11 is 16.5. The van der Waals surface area contributed by atoms with Crippen molar-refractivity contribution in [3.8, 4) is 0 Å². The minimum atomic E-state index is -1.18. The Morgan fingerprint density at radius 3 is 1.83 bits per heavy atom. The minimum Gasteiger partial charge on any atom is -0.478 e. The van der Waals surface area contributed by atoms with E-state index in [1.807, 2.05) is 0 Å². The van der Waals surface area contributed by atoms with Crippen molar-refractivity contribution in [3.63, 3.8) is 0 Å². The van der Waals surface area contributed by atoms with E-state index in [4.69, 9.17) is 39.9 Å². The fourth-order valence-electron chi connectivity index (χ4n) is 0.611. The number of hydrogen-bond donors (Lipinski definition) is 1. The molecule has 0 aromatic rings. The normalized spacial score (nSPS) is 13.6. The molecule has 12 heavy (non-hydrogen) atoms. The van der Waals surface area contributed by atoms with Crippen LogP contribution in [0.3, 0.4) is 0 Å². The number of halogens is 3. The van der Waals surface area contributed by atoms with Crippen molar-refractivity contribution in [1.82, 2.24) is 0 Å². The van der Waals surface area contributed by atoms with Crippen LogP contribution < -0.4 is 0 Å². The van der Waals surface area contributed by atoms with Crippen molar-refractivity contribution >= 4 is 40.8 Å². The number of alkyl halides is 2. The van der Waals surface area contributed by atoms with Crippen molar-refractivity contribution in [2.45, 2.75) is 18.7 Å². The first kappa shape index (κ1) is 12.1. The van der Waals surface area contributed by atoms with Crippen LogP contribution in [-0.2, 0) is 4.79 Å². The molecule has 70 valence electrons. The first-order valence-electron chi connectivity index (χ1n) is 3.29. The maximum atomic E-state index is 10.6. The predicted molar refractivity (Wildman–Crippen MR) is 50.8 cm³/mol. The van der Waals surface area contributed by atoms with Gasteiger partial charge in [0.15, 0.2) is 0 Å². The lowest BCUT2D eigenvalue weighted by molar-refractivity contribution is -0.132. The fourth-order valence-corrected chi connectivity index (χ4v) is 1.33. The Kier molecular flexibility index (Phi) is 4.98. The highest BCUT2D eigenvalue weighted by Gasteiger charge is 2.21. The zero-order valence-electron chi connectivity index (χ0n) is 6.64. The maximum absolute atomic E-state index is 10.6. The predicted octanol–water partition coefficient (Wildman–Crippen LogP) is 3.02. The van der Waals surface area contributed by atoms with E-state index in [0.29, 0.717) is 0 Å². The molecule has 0 aliphatic carbocycles. The quantitative estimate of drug-likeness (QED) is 0.599. The number of carboxylic acids is 1. The molecule has 0 saturated carbocycles. The van der Waals surface area contributed by atoms with E-state index >= 15 is 0 Å². The van der Waals surface area contributed by atoms with Crippen LogP contribution in [0.2, 0.25) is 0 Å². The molecule has 0 atom stereocenters. The summed E-state index contributed by atoms with van der Waals surface area (Å²) in [4.78, 5) is 9.49. The van der Waals surface area contributed by atoms with Gasteiger partial charge in [-0.25, -0.2) is 4.79 Å². The van der Waals surface area contributed by atoms with Crippen LogP contribution in [0.5, 0.6) is 0 Å². The van der Waals surface area contributed by atoms with Crippen molar-refractivity contribution in [3.05, 3.63) is 10.6 Å². The smallest absolute Gasteiger partial charge is 0.335 e. The van der Waals surface area contributed by atoms with Crippen LogP contribution in [-0.4, -0.2) is 15.9 Å². The Morgan fingerprint density at radius 1 is 1.33 bits per heavy atom. The van der Waals surface area contributed by atoms with E-state index in [0.717, 1.165) is 0 Å². The number of aliphatic carboxylic acids is 1. The Bertz CT molecular complexity index is 209. The van der Waals surface area contributed by atoms with Crippen molar-refractivity contribution in [1.29, 1.82) is 0 Å². The third-order valence-corrected chi connectivity index (χ3v) is 2.29. The number of rotatable bonds is 3. The van der Waals surface area contributed by atoms with Gasteiger partial charge in [0.1, 0.15) is 4.84 Å². The van der Waals surface area contributed by atoms with E-state index < -0.39 is 10.8 Å². The van der Waals surface area contributed by atoms with E-state index in [1.54, 1.807) is 13.8 Å². The van der Waals surface area contributed by atoms with Crippen molar-refractivity contribution < 1.29 is 9.90 Å². The van der Waals surface area contributed by atoms with Crippen LogP contribution in [0.15, 0.2) is 10.6 Å². The number of carboxylic acid groups (broad SMARTS) is 1. The molecule has 0 saturated heterocycles. The number of allylic oxidation sites excluding steroid dienone is 1. The molecular weight excluding hydrogens is 222 g/mol. The number of hydrogen-bond acceptors (Lipinski definition) is 1. The highest BCUT2D eigenvalue weighted by molar-refractivity contribution is 6.49. The summed E-state index contributed by atoms with van der Waals surface area (Å²) in [6.07, 6.45) is 0. The van der Waals surface area contributed by atoms with Crippen LogP contribution in [0.1, 0.15) is 13.8 Å². The molecule has 0 aromatic heterocycles. The molecule has 0 aliphatic heterocycles. The largest absolute Gasteiger partial charge is 0.478 e. The summed E-state index contributed by atoms with van der Waals surface area (Å²) in [7, 11) is 0. The Labute approximate surface area is 86.1 Å². The molecule has 0 rings (SSSR count). The fraction of sp³-hybridized carbons (Fsp3) is 0.571. The van der Waals surface area contributed by atoms with Crippen LogP contribution in [0, 0.1) is 5.92 Å². The van der Waals surface area contributed by atoms with Gasteiger partial charge in [-0.3, -0.25) is 0 Å². The Balaban J connectivity index is 4.94. The molecule has 5 heteroatoms. The molecule has 0 heterocycles. The summed E-state index contributed by atoms with van der Waals surface area (Å²) in [6, 6.07) is 0. The second kappa shape index (κ2) is 4.95. The topological polar surface area (TPSA) is 37.3 Å². The molecule has 0 aromatic carbocycles. The van der Waals surface area contributed by atoms with Gasteiger partial charge in [-0.1, -0.05) is 48.7 Å². The summed E-state index contributed by atoms with van der Waals surface area (Å²) in [6.45, 7) is 3.53. The van der Waals surface area contributed by atoms with Crippen molar-refractivity contribution in [2.75, 3.05) is 0 Å².